The third kappa shape index (κ3) is 4.48. The van der Waals surface area contributed by atoms with Crippen LogP contribution in [0, 0.1) is 5.92 Å². The van der Waals surface area contributed by atoms with E-state index >= 15 is 0 Å². The molecule has 0 unspecified atom stereocenters. The van der Waals surface area contributed by atoms with E-state index in [1.807, 2.05) is 24.3 Å². The van der Waals surface area contributed by atoms with Crippen LogP contribution in [-0.4, -0.2) is 19.0 Å². The van der Waals surface area contributed by atoms with Gasteiger partial charge in [-0.3, -0.25) is 4.79 Å². The van der Waals surface area contributed by atoms with Gasteiger partial charge in [0.05, 0.1) is 0 Å². The molecule has 1 amide bonds. The Labute approximate surface area is 129 Å². The maximum Gasteiger partial charge on any atom is 0.221 e. The fourth-order valence-corrected chi connectivity index (χ4v) is 2.31. The van der Waals surface area contributed by atoms with Crippen LogP contribution < -0.4 is 10.6 Å². The van der Waals surface area contributed by atoms with Crippen LogP contribution in [-0.2, 0) is 11.3 Å². The van der Waals surface area contributed by atoms with Gasteiger partial charge in [-0.15, -0.1) is 0 Å². The lowest BCUT2D eigenvalue weighted by molar-refractivity contribution is -0.121. The first-order valence-corrected chi connectivity index (χ1v) is 7.59. The number of hydrogen-bond donors (Lipinski definition) is 2. The molecule has 2 aromatic rings. The summed E-state index contributed by atoms with van der Waals surface area (Å²) in [5, 5.41) is 7.55. The zero-order valence-electron chi connectivity index (χ0n) is 12.4. The summed E-state index contributed by atoms with van der Waals surface area (Å²) in [6.07, 6.45) is 0.458. The van der Waals surface area contributed by atoms with Crippen molar-refractivity contribution >= 4 is 28.5 Å². The zero-order chi connectivity index (χ0) is 15.2. The summed E-state index contributed by atoms with van der Waals surface area (Å²) in [5.41, 5.74) is 1.73. The summed E-state index contributed by atoms with van der Waals surface area (Å²) < 4.78 is 5.49. The molecule has 0 atom stereocenters. The molecule has 2 N–H and O–H groups in total. The first kappa shape index (κ1) is 15.9. The van der Waals surface area contributed by atoms with Crippen LogP contribution in [0.15, 0.2) is 28.7 Å². The Balaban J connectivity index is 1.80. The number of carbonyl (C=O) groups is 1. The summed E-state index contributed by atoms with van der Waals surface area (Å²) in [4.78, 5) is 11.6. The molecule has 4 nitrogen and oxygen atoms in total. The highest BCUT2D eigenvalue weighted by Crippen LogP contribution is 2.29. The van der Waals surface area contributed by atoms with Crippen molar-refractivity contribution in [3.63, 3.8) is 0 Å². The average Bonchev–Trinajstić information content (AvgIpc) is 2.77. The normalized spacial score (nSPS) is 11.2. The SMILES string of the molecule is CC(C)CNC(=O)CCNCc1c(Cl)oc2ccccc12. The number of para-hydroxylation sites is 1. The van der Waals surface area contributed by atoms with Crippen LogP contribution >= 0.6 is 11.6 Å². The lowest BCUT2D eigenvalue weighted by Gasteiger charge is -2.08. The Hall–Kier alpha value is -1.52. The van der Waals surface area contributed by atoms with E-state index in [2.05, 4.69) is 24.5 Å². The molecule has 114 valence electrons. The first-order chi connectivity index (χ1) is 10.1. The van der Waals surface area contributed by atoms with E-state index in [0.29, 0.717) is 30.6 Å². The minimum Gasteiger partial charge on any atom is -0.444 e. The fraction of sp³-hybridized carbons (Fsp3) is 0.438. The second kappa shape index (κ2) is 7.48. The van der Waals surface area contributed by atoms with Gasteiger partial charge in [0.2, 0.25) is 5.91 Å². The molecular formula is C16H21ClN2O2. The van der Waals surface area contributed by atoms with Crippen LogP contribution in [0.25, 0.3) is 11.0 Å². The number of nitrogens with one attached hydrogen (secondary N) is 2. The van der Waals surface area contributed by atoms with Crippen LogP contribution in [0.3, 0.4) is 0 Å². The first-order valence-electron chi connectivity index (χ1n) is 7.21. The fourth-order valence-electron chi connectivity index (χ4n) is 2.06. The Morgan fingerprint density at radius 3 is 2.86 bits per heavy atom. The zero-order valence-corrected chi connectivity index (χ0v) is 13.2. The average molecular weight is 309 g/mol. The molecule has 0 aliphatic heterocycles. The molecule has 0 fully saturated rings. The topological polar surface area (TPSA) is 54.3 Å². The molecule has 1 heterocycles. The monoisotopic (exact) mass is 308 g/mol. The molecule has 1 aromatic heterocycles. The predicted octanol–water partition coefficient (Wildman–Crippen LogP) is 3.34. The Bertz CT molecular complexity index is 607. The molecule has 0 saturated heterocycles. The lowest BCUT2D eigenvalue weighted by Crippen LogP contribution is -2.30. The van der Waals surface area contributed by atoms with Gasteiger partial charge in [0.25, 0.3) is 0 Å². The smallest absolute Gasteiger partial charge is 0.221 e. The largest absolute Gasteiger partial charge is 0.444 e. The quantitative estimate of drug-likeness (QED) is 0.771. The molecule has 0 spiro atoms. The van der Waals surface area contributed by atoms with Gasteiger partial charge in [-0.1, -0.05) is 32.0 Å². The van der Waals surface area contributed by atoms with Gasteiger partial charge >= 0.3 is 0 Å². The third-order valence-corrected chi connectivity index (χ3v) is 3.49. The van der Waals surface area contributed by atoms with Crippen molar-refractivity contribution in [1.82, 2.24) is 10.6 Å². The Morgan fingerprint density at radius 1 is 1.33 bits per heavy atom. The van der Waals surface area contributed by atoms with Gasteiger partial charge in [0.15, 0.2) is 5.22 Å². The Kier molecular flexibility index (Phi) is 5.65. The van der Waals surface area contributed by atoms with Crippen molar-refractivity contribution in [3.8, 4) is 0 Å². The molecule has 0 aliphatic carbocycles. The van der Waals surface area contributed by atoms with E-state index in [1.54, 1.807) is 0 Å². The number of amides is 1. The summed E-state index contributed by atoms with van der Waals surface area (Å²) in [6.45, 7) is 6.07. The summed E-state index contributed by atoms with van der Waals surface area (Å²) in [7, 11) is 0. The van der Waals surface area contributed by atoms with Crippen molar-refractivity contribution in [1.29, 1.82) is 0 Å². The van der Waals surface area contributed by atoms with E-state index in [-0.39, 0.29) is 5.91 Å². The number of rotatable bonds is 7. The van der Waals surface area contributed by atoms with Crippen LogP contribution in [0.4, 0.5) is 0 Å². The number of hydrogen-bond acceptors (Lipinski definition) is 3. The summed E-state index contributed by atoms with van der Waals surface area (Å²) in [6, 6.07) is 7.75. The van der Waals surface area contributed by atoms with E-state index in [0.717, 1.165) is 23.1 Å². The highest BCUT2D eigenvalue weighted by atomic mass is 35.5. The number of carbonyl (C=O) groups excluding carboxylic acids is 1. The molecule has 2 rings (SSSR count). The van der Waals surface area contributed by atoms with Gasteiger partial charge in [-0.05, 0) is 23.6 Å². The standard InChI is InChI=1S/C16H21ClN2O2/c1-11(2)9-19-15(20)7-8-18-10-13-12-5-3-4-6-14(12)21-16(13)17/h3-6,11,18H,7-10H2,1-2H3,(H,19,20). The predicted molar refractivity (Wildman–Crippen MR) is 85.4 cm³/mol. The minimum atomic E-state index is 0.0688. The maximum absolute atomic E-state index is 11.6. The van der Waals surface area contributed by atoms with Crippen molar-refractivity contribution in [2.45, 2.75) is 26.8 Å². The molecule has 0 aliphatic rings. The summed E-state index contributed by atoms with van der Waals surface area (Å²) >= 11 is 6.11. The number of fused-ring (bicyclic) bond motifs is 1. The molecular weight excluding hydrogens is 288 g/mol. The van der Waals surface area contributed by atoms with Crippen LogP contribution in [0.2, 0.25) is 5.22 Å². The molecule has 21 heavy (non-hydrogen) atoms. The van der Waals surface area contributed by atoms with E-state index in [9.17, 15) is 4.79 Å². The van der Waals surface area contributed by atoms with Crippen molar-refractivity contribution in [3.05, 3.63) is 35.0 Å². The second-order valence-electron chi connectivity index (χ2n) is 5.48. The second-order valence-corrected chi connectivity index (χ2v) is 5.82. The number of halogens is 1. The lowest BCUT2D eigenvalue weighted by atomic mass is 10.2. The summed E-state index contributed by atoms with van der Waals surface area (Å²) in [5.74, 6) is 0.539. The van der Waals surface area contributed by atoms with Crippen molar-refractivity contribution < 1.29 is 9.21 Å². The molecule has 0 saturated carbocycles. The highest BCUT2D eigenvalue weighted by molar-refractivity contribution is 6.30. The molecule has 5 heteroatoms. The number of benzene rings is 1. The van der Waals surface area contributed by atoms with Crippen molar-refractivity contribution in [2.24, 2.45) is 5.92 Å². The van der Waals surface area contributed by atoms with Crippen LogP contribution in [0.5, 0.6) is 0 Å². The molecule has 0 radical (unpaired) electrons. The van der Waals surface area contributed by atoms with E-state index in [1.165, 1.54) is 0 Å². The van der Waals surface area contributed by atoms with Gasteiger partial charge in [-0.2, -0.15) is 0 Å². The van der Waals surface area contributed by atoms with E-state index in [4.69, 9.17) is 16.0 Å². The molecule has 0 bridgehead atoms. The third-order valence-electron chi connectivity index (χ3n) is 3.19. The Morgan fingerprint density at radius 2 is 2.10 bits per heavy atom. The molecule has 1 aromatic carbocycles. The van der Waals surface area contributed by atoms with Crippen LogP contribution in [0.1, 0.15) is 25.8 Å². The number of furan rings is 1. The van der Waals surface area contributed by atoms with Gasteiger partial charge < -0.3 is 15.1 Å². The van der Waals surface area contributed by atoms with Gasteiger partial charge in [0.1, 0.15) is 5.58 Å². The van der Waals surface area contributed by atoms with Gasteiger partial charge in [-0.25, -0.2) is 0 Å². The highest BCUT2D eigenvalue weighted by Gasteiger charge is 2.11. The van der Waals surface area contributed by atoms with Crippen molar-refractivity contribution in [2.75, 3.05) is 13.1 Å². The van der Waals surface area contributed by atoms with Gasteiger partial charge in [0, 0.05) is 37.0 Å². The maximum atomic E-state index is 11.6. The minimum absolute atomic E-state index is 0.0688. The van der Waals surface area contributed by atoms with E-state index < -0.39 is 0 Å².